The number of hydrogen-bond donors (Lipinski definition) is 1. The number of anilines is 2. The van der Waals surface area contributed by atoms with Crippen LogP contribution in [0, 0.1) is 6.92 Å². The number of hydrogen-bond acceptors (Lipinski definition) is 5. The maximum atomic E-state index is 4.97. The van der Waals surface area contributed by atoms with Crippen LogP contribution >= 0.6 is 0 Å². The number of rotatable bonds is 3. The standard InChI is InChI=1S/C17H26N6/c1-3-21-8-10-22(11-9-21)16-14-12-13(2)18-15(14)19-17(20-16)23-6-4-5-7-23/h12H,3-11H2,1-2H3,(H,18,19,20). The lowest BCUT2D eigenvalue weighted by atomic mass is 10.2. The van der Waals surface area contributed by atoms with Gasteiger partial charge in [0.25, 0.3) is 0 Å². The topological polar surface area (TPSA) is 51.3 Å². The SMILES string of the molecule is CCN1CCN(c2nc(N3CCCC3)nc3[nH]c(C)cc23)CC1. The van der Waals surface area contributed by atoms with Crippen molar-refractivity contribution >= 4 is 22.8 Å². The molecule has 0 saturated carbocycles. The zero-order valence-corrected chi connectivity index (χ0v) is 14.2. The van der Waals surface area contributed by atoms with Crippen molar-refractivity contribution in [3.63, 3.8) is 0 Å². The van der Waals surface area contributed by atoms with E-state index >= 15 is 0 Å². The van der Waals surface area contributed by atoms with Crippen molar-refractivity contribution in [2.75, 3.05) is 55.6 Å². The summed E-state index contributed by atoms with van der Waals surface area (Å²) in [7, 11) is 0. The van der Waals surface area contributed by atoms with E-state index in [1.54, 1.807) is 0 Å². The fraction of sp³-hybridized carbons (Fsp3) is 0.647. The molecule has 0 atom stereocenters. The van der Waals surface area contributed by atoms with E-state index in [4.69, 9.17) is 9.97 Å². The molecule has 0 spiro atoms. The Morgan fingerprint density at radius 1 is 1.00 bits per heavy atom. The first-order valence-corrected chi connectivity index (χ1v) is 8.84. The molecule has 2 fully saturated rings. The number of aromatic amines is 1. The zero-order valence-electron chi connectivity index (χ0n) is 14.2. The van der Waals surface area contributed by atoms with Crippen LogP contribution in [0.15, 0.2) is 6.07 Å². The van der Waals surface area contributed by atoms with Gasteiger partial charge in [0, 0.05) is 45.0 Å². The van der Waals surface area contributed by atoms with Gasteiger partial charge >= 0.3 is 0 Å². The second-order valence-corrected chi connectivity index (χ2v) is 6.68. The summed E-state index contributed by atoms with van der Waals surface area (Å²) in [5, 5.41) is 1.16. The summed E-state index contributed by atoms with van der Waals surface area (Å²) in [4.78, 5) is 20.4. The molecule has 6 nitrogen and oxygen atoms in total. The molecule has 124 valence electrons. The van der Waals surface area contributed by atoms with Gasteiger partial charge in [0.1, 0.15) is 11.5 Å². The van der Waals surface area contributed by atoms with Gasteiger partial charge in [0.2, 0.25) is 5.95 Å². The third-order valence-corrected chi connectivity index (χ3v) is 5.10. The summed E-state index contributed by atoms with van der Waals surface area (Å²) in [6.45, 7) is 11.9. The van der Waals surface area contributed by atoms with Gasteiger partial charge in [0.05, 0.1) is 5.39 Å². The average molecular weight is 314 g/mol. The predicted octanol–water partition coefficient (Wildman–Crippen LogP) is 2.01. The van der Waals surface area contributed by atoms with E-state index in [9.17, 15) is 0 Å². The van der Waals surface area contributed by atoms with Crippen LogP contribution in [0.25, 0.3) is 11.0 Å². The minimum absolute atomic E-state index is 0.893. The lowest BCUT2D eigenvalue weighted by Crippen LogP contribution is -2.46. The van der Waals surface area contributed by atoms with Crippen LogP contribution in [0.2, 0.25) is 0 Å². The molecule has 2 aromatic rings. The van der Waals surface area contributed by atoms with E-state index in [0.29, 0.717) is 0 Å². The molecule has 1 N–H and O–H groups in total. The molecule has 23 heavy (non-hydrogen) atoms. The van der Waals surface area contributed by atoms with Crippen molar-refractivity contribution in [2.24, 2.45) is 0 Å². The molecule has 2 aliphatic rings. The molecule has 0 aliphatic carbocycles. The fourth-order valence-electron chi connectivity index (χ4n) is 3.69. The minimum atomic E-state index is 0.893. The molecule has 6 heteroatoms. The summed E-state index contributed by atoms with van der Waals surface area (Å²) in [6, 6.07) is 2.19. The molecule has 0 unspecified atom stereocenters. The third kappa shape index (κ3) is 2.76. The summed E-state index contributed by atoms with van der Waals surface area (Å²) >= 11 is 0. The molecule has 2 aromatic heterocycles. The van der Waals surface area contributed by atoms with E-state index in [1.807, 2.05) is 0 Å². The van der Waals surface area contributed by atoms with Crippen LogP contribution < -0.4 is 9.80 Å². The van der Waals surface area contributed by atoms with E-state index in [-0.39, 0.29) is 0 Å². The van der Waals surface area contributed by atoms with Gasteiger partial charge < -0.3 is 19.7 Å². The quantitative estimate of drug-likeness (QED) is 0.939. The Morgan fingerprint density at radius 2 is 1.74 bits per heavy atom. The van der Waals surface area contributed by atoms with Crippen molar-refractivity contribution in [3.05, 3.63) is 11.8 Å². The fourth-order valence-corrected chi connectivity index (χ4v) is 3.69. The number of fused-ring (bicyclic) bond motifs is 1. The summed E-state index contributed by atoms with van der Waals surface area (Å²) in [6.07, 6.45) is 2.49. The highest BCUT2D eigenvalue weighted by atomic mass is 15.3. The highest BCUT2D eigenvalue weighted by Gasteiger charge is 2.23. The first kappa shape index (κ1) is 14.8. The van der Waals surface area contributed by atoms with Crippen LogP contribution in [-0.2, 0) is 0 Å². The van der Waals surface area contributed by atoms with E-state index in [0.717, 1.165) is 74.3 Å². The van der Waals surface area contributed by atoms with Crippen molar-refractivity contribution in [1.82, 2.24) is 19.9 Å². The number of piperazine rings is 1. The Hall–Kier alpha value is -1.82. The van der Waals surface area contributed by atoms with Crippen molar-refractivity contribution in [3.8, 4) is 0 Å². The normalized spacial score (nSPS) is 19.9. The highest BCUT2D eigenvalue weighted by molar-refractivity contribution is 5.89. The van der Waals surface area contributed by atoms with Crippen LogP contribution in [0.5, 0.6) is 0 Å². The number of likely N-dealkylation sites (N-methyl/N-ethyl adjacent to an activating group) is 1. The average Bonchev–Trinajstić information content (AvgIpc) is 3.22. The number of aromatic nitrogens is 3. The summed E-state index contributed by atoms with van der Waals surface area (Å²) < 4.78 is 0. The van der Waals surface area contributed by atoms with Crippen molar-refractivity contribution in [2.45, 2.75) is 26.7 Å². The molecule has 4 heterocycles. The Morgan fingerprint density at radius 3 is 2.43 bits per heavy atom. The van der Waals surface area contributed by atoms with Crippen molar-refractivity contribution < 1.29 is 0 Å². The number of H-pyrrole nitrogens is 1. The van der Waals surface area contributed by atoms with Gasteiger partial charge in [-0.2, -0.15) is 9.97 Å². The first-order valence-electron chi connectivity index (χ1n) is 8.84. The maximum absolute atomic E-state index is 4.97. The molecular weight excluding hydrogens is 288 g/mol. The molecule has 0 aromatic carbocycles. The third-order valence-electron chi connectivity index (χ3n) is 5.10. The van der Waals surface area contributed by atoms with Gasteiger partial charge in [-0.25, -0.2) is 0 Å². The Bertz CT molecular complexity index is 680. The molecule has 0 amide bonds. The van der Waals surface area contributed by atoms with Gasteiger partial charge in [-0.15, -0.1) is 0 Å². The smallest absolute Gasteiger partial charge is 0.229 e. The second kappa shape index (κ2) is 6.00. The lowest BCUT2D eigenvalue weighted by Gasteiger charge is -2.35. The first-order chi connectivity index (χ1) is 11.2. The minimum Gasteiger partial charge on any atom is -0.353 e. The van der Waals surface area contributed by atoms with Crippen LogP contribution in [0.3, 0.4) is 0 Å². The van der Waals surface area contributed by atoms with E-state index in [1.165, 1.54) is 12.8 Å². The van der Waals surface area contributed by atoms with Crippen LogP contribution in [0.1, 0.15) is 25.5 Å². The number of nitrogens with zero attached hydrogens (tertiary/aromatic N) is 5. The Labute approximate surface area is 137 Å². The molecule has 4 rings (SSSR count). The van der Waals surface area contributed by atoms with Crippen molar-refractivity contribution in [1.29, 1.82) is 0 Å². The van der Waals surface area contributed by atoms with Gasteiger partial charge in [-0.1, -0.05) is 6.92 Å². The highest BCUT2D eigenvalue weighted by Crippen LogP contribution is 2.29. The predicted molar refractivity (Wildman–Crippen MR) is 94.4 cm³/mol. The largest absolute Gasteiger partial charge is 0.353 e. The lowest BCUT2D eigenvalue weighted by molar-refractivity contribution is 0.271. The monoisotopic (exact) mass is 314 g/mol. The number of nitrogens with one attached hydrogen (secondary N) is 1. The van der Waals surface area contributed by atoms with E-state index < -0.39 is 0 Å². The molecule has 0 bridgehead atoms. The van der Waals surface area contributed by atoms with Gasteiger partial charge in [-0.3, -0.25) is 0 Å². The van der Waals surface area contributed by atoms with Crippen LogP contribution in [-0.4, -0.2) is 65.7 Å². The zero-order chi connectivity index (χ0) is 15.8. The molecule has 2 aliphatic heterocycles. The maximum Gasteiger partial charge on any atom is 0.229 e. The summed E-state index contributed by atoms with van der Waals surface area (Å²) in [5.74, 6) is 2.00. The van der Waals surface area contributed by atoms with Gasteiger partial charge in [0.15, 0.2) is 0 Å². The molecule has 0 radical (unpaired) electrons. The van der Waals surface area contributed by atoms with Crippen LogP contribution in [0.4, 0.5) is 11.8 Å². The second-order valence-electron chi connectivity index (χ2n) is 6.68. The van der Waals surface area contributed by atoms with E-state index in [2.05, 4.69) is 39.6 Å². The number of aryl methyl sites for hydroxylation is 1. The summed E-state index contributed by atoms with van der Waals surface area (Å²) in [5.41, 5.74) is 2.13. The Balaban J connectivity index is 1.71. The molecule has 2 saturated heterocycles. The Kier molecular flexibility index (Phi) is 3.85. The van der Waals surface area contributed by atoms with Gasteiger partial charge in [-0.05, 0) is 32.4 Å². The molecular formula is C17H26N6.